The molecule has 6 heteroatoms. The van der Waals surface area contributed by atoms with Crippen molar-refractivity contribution in [3.63, 3.8) is 0 Å². The van der Waals surface area contributed by atoms with E-state index in [1.54, 1.807) is 6.20 Å². The van der Waals surface area contributed by atoms with Crippen LogP contribution in [0, 0.1) is 11.3 Å². The standard InChI is InChI=1S/C23H31N5O/c1-24-22(27-20-19-10-16-29-21(19)23(20)11-2-3-12-23)25-14-9-17-5-7-18(8-6-17)28-15-4-13-26-28/h4-8,13,15,19-21H,2-3,9-12,14,16H2,1H3,(H2,24,25,27). The van der Waals surface area contributed by atoms with Crippen molar-refractivity contribution in [2.45, 2.75) is 50.7 Å². The number of aromatic nitrogens is 2. The third kappa shape index (κ3) is 3.33. The minimum Gasteiger partial charge on any atom is -0.377 e. The topological polar surface area (TPSA) is 63.5 Å². The Kier molecular flexibility index (Phi) is 5.04. The van der Waals surface area contributed by atoms with Gasteiger partial charge in [-0.15, -0.1) is 0 Å². The third-order valence-corrected chi connectivity index (χ3v) is 7.21. The number of hydrogen-bond donors (Lipinski definition) is 2. The van der Waals surface area contributed by atoms with Crippen molar-refractivity contribution in [2.24, 2.45) is 16.3 Å². The van der Waals surface area contributed by atoms with Gasteiger partial charge < -0.3 is 15.4 Å². The molecule has 2 heterocycles. The summed E-state index contributed by atoms with van der Waals surface area (Å²) in [5.41, 5.74) is 2.74. The second kappa shape index (κ2) is 7.82. The summed E-state index contributed by atoms with van der Waals surface area (Å²) in [7, 11) is 1.87. The van der Waals surface area contributed by atoms with Crippen molar-refractivity contribution in [2.75, 3.05) is 20.2 Å². The number of fused-ring (bicyclic) bond motifs is 2. The smallest absolute Gasteiger partial charge is 0.191 e. The van der Waals surface area contributed by atoms with Gasteiger partial charge in [0.15, 0.2) is 5.96 Å². The molecular formula is C23H31N5O. The molecule has 2 N–H and O–H groups in total. The summed E-state index contributed by atoms with van der Waals surface area (Å²) >= 11 is 0. The monoisotopic (exact) mass is 393 g/mol. The molecule has 2 aromatic rings. The van der Waals surface area contributed by atoms with Crippen molar-refractivity contribution in [3.8, 4) is 5.69 Å². The predicted octanol–water partition coefficient (Wildman–Crippen LogP) is 2.93. The maximum absolute atomic E-state index is 6.10. The summed E-state index contributed by atoms with van der Waals surface area (Å²) in [5.74, 6) is 1.58. The molecular weight excluding hydrogens is 362 g/mol. The largest absolute Gasteiger partial charge is 0.377 e. The summed E-state index contributed by atoms with van der Waals surface area (Å²) in [5, 5.41) is 11.6. The Labute approximate surface area is 172 Å². The number of nitrogens with one attached hydrogen (secondary N) is 2. The molecule has 3 atom stereocenters. The van der Waals surface area contributed by atoms with Gasteiger partial charge in [-0.1, -0.05) is 25.0 Å². The molecule has 2 aliphatic carbocycles. The Hall–Kier alpha value is -2.34. The van der Waals surface area contributed by atoms with E-state index in [0.29, 0.717) is 23.5 Å². The quantitative estimate of drug-likeness (QED) is 0.606. The average molecular weight is 394 g/mol. The number of hydrogen-bond acceptors (Lipinski definition) is 3. The van der Waals surface area contributed by atoms with Gasteiger partial charge in [0.25, 0.3) is 0 Å². The molecule has 1 spiro atoms. The van der Waals surface area contributed by atoms with E-state index in [1.807, 2.05) is 24.0 Å². The molecule has 3 unspecified atom stereocenters. The number of nitrogens with zero attached hydrogens (tertiary/aromatic N) is 3. The molecule has 1 saturated heterocycles. The van der Waals surface area contributed by atoms with Crippen LogP contribution in [0.4, 0.5) is 0 Å². The highest BCUT2D eigenvalue weighted by Gasteiger charge is 2.65. The summed E-state index contributed by atoms with van der Waals surface area (Å²) < 4.78 is 7.98. The highest BCUT2D eigenvalue weighted by atomic mass is 16.5. The number of aliphatic imine (C=N–C) groups is 1. The Morgan fingerprint density at radius 1 is 1.28 bits per heavy atom. The zero-order valence-corrected chi connectivity index (χ0v) is 17.2. The van der Waals surface area contributed by atoms with E-state index in [0.717, 1.165) is 31.2 Å². The maximum Gasteiger partial charge on any atom is 0.191 e. The molecule has 1 aromatic carbocycles. The van der Waals surface area contributed by atoms with E-state index in [1.165, 1.54) is 37.7 Å². The first-order chi connectivity index (χ1) is 14.3. The van der Waals surface area contributed by atoms with E-state index in [4.69, 9.17) is 4.74 Å². The van der Waals surface area contributed by atoms with Crippen LogP contribution in [0.25, 0.3) is 5.69 Å². The lowest BCUT2D eigenvalue weighted by molar-refractivity contribution is -0.125. The van der Waals surface area contributed by atoms with Crippen LogP contribution in [0.3, 0.4) is 0 Å². The van der Waals surface area contributed by atoms with Gasteiger partial charge in [-0.25, -0.2) is 4.68 Å². The Morgan fingerprint density at radius 2 is 2.10 bits per heavy atom. The molecule has 1 aromatic heterocycles. The minimum atomic E-state index is 0.348. The first-order valence-corrected chi connectivity index (χ1v) is 11.0. The van der Waals surface area contributed by atoms with Gasteiger partial charge >= 0.3 is 0 Å². The summed E-state index contributed by atoms with van der Waals surface area (Å²) in [6.45, 7) is 1.79. The minimum absolute atomic E-state index is 0.348. The Balaban J connectivity index is 1.15. The predicted molar refractivity (Wildman–Crippen MR) is 114 cm³/mol. The molecule has 29 heavy (non-hydrogen) atoms. The first-order valence-electron chi connectivity index (χ1n) is 11.0. The Bertz CT molecular complexity index is 839. The molecule has 3 fully saturated rings. The third-order valence-electron chi connectivity index (χ3n) is 7.21. The first kappa shape index (κ1) is 18.7. The molecule has 154 valence electrons. The highest BCUT2D eigenvalue weighted by molar-refractivity contribution is 5.80. The molecule has 0 radical (unpaired) electrons. The molecule has 6 nitrogen and oxygen atoms in total. The van der Waals surface area contributed by atoms with Crippen molar-refractivity contribution in [1.82, 2.24) is 20.4 Å². The van der Waals surface area contributed by atoms with Crippen LogP contribution in [-0.4, -0.2) is 48.1 Å². The lowest BCUT2D eigenvalue weighted by Gasteiger charge is -2.57. The molecule has 1 aliphatic heterocycles. The van der Waals surface area contributed by atoms with E-state index < -0.39 is 0 Å². The fraction of sp³-hybridized carbons (Fsp3) is 0.565. The molecule has 0 amide bonds. The molecule has 5 rings (SSSR count). The van der Waals surface area contributed by atoms with E-state index in [9.17, 15) is 0 Å². The van der Waals surface area contributed by atoms with E-state index in [2.05, 4.69) is 45.0 Å². The highest BCUT2D eigenvalue weighted by Crippen LogP contribution is 2.60. The van der Waals surface area contributed by atoms with Crippen LogP contribution in [-0.2, 0) is 11.2 Å². The summed E-state index contributed by atoms with van der Waals surface area (Å²) in [6.07, 6.45) is 11.7. The molecule has 2 saturated carbocycles. The zero-order chi connectivity index (χ0) is 19.7. The van der Waals surface area contributed by atoms with Gasteiger partial charge in [0.1, 0.15) is 0 Å². The molecule has 3 aliphatic rings. The van der Waals surface area contributed by atoms with E-state index in [-0.39, 0.29) is 0 Å². The second-order valence-electron chi connectivity index (χ2n) is 8.67. The number of ether oxygens (including phenoxy) is 1. The van der Waals surface area contributed by atoms with Crippen molar-refractivity contribution in [3.05, 3.63) is 48.3 Å². The van der Waals surface area contributed by atoms with Crippen LogP contribution in [0.2, 0.25) is 0 Å². The zero-order valence-electron chi connectivity index (χ0n) is 17.2. The average Bonchev–Trinajstić information content (AvgIpc) is 3.51. The van der Waals surface area contributed by atoms with Gasteiger partial charge in [-0.3, -0.25) is 4.99 Å². The molecule has 0 bridgehead atoms. The fourth-order valence-electron chi connectivity index (χ4n) is 5.81. The van der Waals surface area contributed by atoms with Crippen LogP contribution >= 0.6 is 0 Å². The number of rotatable bonds is 5. The second-order valence-corrected chi connectivity index (χ2v) is 8.67. The summed E-state index contributed by atoms with van der Waals surface area (Å²) in [4.78, 5) is 4.50. The number of guanidine groups is 1. The van der Waals surface area contributed by atoms with Crippen molar-refractivity contribution >= 4 is 5.96 Å². The van der Waals surface area contributed by atoms with Crippen molar-refractivity contribution < 1.29 is 4.74 Å². The van der Waals surface area contributed by atoms with Crippen LogP contribution in [0.5, 0.6) is 0 Å². The number of benzene rings is 1. The van der Waals surface area contributed by atoms with Gasteiger partial charge in [-0.05, 0) is 49.4 Å². The van der Waals surface area contributed by atoms with Gasteiger partial charge in [-0.2, -0.15) is 5.10 Å². The van der Waals surface area contributed by atoms with Gasteiger partial charge in [0.05, 0.1) is 11.8 Å². The Morgan fingerprint density at radius 3 is 2.83 bits per heavy atom. The van der Waals surface area contributed by atoms with Crippen LogP contribution < -0.4 is 10.6 Å². The maximum atomic E-state index is 6.10. The van der Waals surface area contributed by atoms with Crippen LogP contribution in [0.15, 0.2) is 47.7 Å². The lowest BCUT2D eigenvalue weighted by Crippen LogP contribution is -2.69. The van der Waals surface area contributed by atoms with Crippen LogP contribution in [0.1, 0.15) is 37.7 Å². The van der Waals surface area contributed by atoms with Crippen molar-refractivity contribution in [1.29, 1.82) is 0 Å². The fourth-order valence-corrected chi connectivity index (χ4v) is 5.81. The van der Waals surface area contributed by atoms with Gasteiger partial charge in [0, 0.05) is 50.0 Å². The summed E-state index contributed by atoms with van der Waals surface area (Å²) in [6, 6.07) is 11.0. The van der Waals surface area contributed by atoms with Gasteiger partial charge in [0.2, 0.25) is 0 Å². The normalized spacial score (nSPS) is 27.6. The SMILES string of the molecule is CN=C(NCCc1ccc(-n2cccn2)cc1)NC1C2CCOC2C12CCCC2. The lowest BCUT2D eigenvalue weighted by atomic mass is 9.54. The van der Waals surface area contributed by atoms with E-state index >= 15 is 0 Å².